The van der Waals surface area contributed by atoms with Gasteiger partial charge in [-0.2, -0.15) is 4.37 Å². The Labute approximate surface area is 95.8 Å². The lowest BCUT2D eigenvalue weighted by atomic mass is 10.2. The highest BCUT2D eigenvalue weighted by Gasteiger charge is 2.06. The molecule has 0 saturated heterocycles. The van der Waals surface area contributed by atoms with Crippen molar-refractivity contribution in [3.8, 4) is 17.1 Å². The van der Waals surface area contributed by atoms with Gasteiger partial charge in [0.2, 0.25) is 0 Å². The Hall–Kier alpha value is -1.11. The molecule has 2 rings (SSSR count). The van der Waals surface area contributed by atoms with E-state index < -0.39 is 0 Å². The number of hydrogen-bond acceptors (Lipinski definition) is 6. The smallest absolute Gasteiger partial charge is 0.185 e. The van der Waals surface area contributed by atoms with Gasteiger partial charge in [0, 0.05) is 5.56 Å². The van der Waals surface area contributed by atoms with E-state index in [1.807, 2.05) is 24.3 Å². The number of ether oxygens (including phenoxy) is 1. The van der Waals surface area contributed by atoms with E-state index in [2.05, 4.69) is 9.36 Å². The lowest BCUT2D eigenvalue weighted by Gasteiger charge is -2.00. The summed E-state index contributed by atoms with van der Waals surface area (Å²) >= 11 is 2.40. The van der Waals surface area contributed by atoms with Crippen LogP contribution in [0, 0.1) is 0 Å². The first-order valence-electron chi connectivity index (χ1n) is 4.18. The van der Waals surface area contributed by atoms with Gasteiger partial charge in [0.25, 0.3) is 0 Å². The molecule has 0 aliphatic rings. The minimum Gasteiger partial charge on any atom is -0.497 e. The second-order valence-corrected chi connectivity index (χ2v) is 4.37. The van der Waals surface area contributed by atoms with E-state index in [-0.39, 0.29) is 0 Å². The molecule has 1 aromatic heterocycles. The Kier molecular flexibility index (Phi) is 3.20. The average molecular weight is 239 g/mol. The summed E-state index contributed by atoms with van der Waals surface area (Å²) in [4.78, 5) is 4.26. The summed E-state index contributed by atoms with van der Waals surface area (Å²) in [6.45, 7) is 0. The Balaban J connectivity index is 2.35. The Morgan fingerprint density at radius 2 is 2.33 bits per heavy atom. The molecule has 0 unspecified atom stereocenters. The molecule has 0 saturated carbocycles. The maximum Gasteiger partial charge on any atom is 0.185 e. The number of methoxy groups -OCH3 is 1. The number of benzene rings is 1. The van der Waals surface area contributed by atoms with Crippen molar-refractivity contribution in [3.05, 3.63) is 24.3 Å². The topological polar surface area (TPSA) is 61.0 Å². The SMILES string of the molecule is COc1cccc(-c2nsc(SN)n2)c1. The largest absolute Gasteiger partial charge is 0.497 e. The number of nitrogens with two attached hydrogens (primary N) is 1. The molecule has 15 heavy (non-hydrogen) atoms. The third-order valence-corrected chi connectivity index (χ3v) is 3.15. The van der Waals surface area contributed by atoms with E-state index in [9.17, 15) is 0 Å². The minimum absolute atomic E-state index is 0.687. The van der Waals surface area contributed by atoms with Gasteiger partial charge in [-0.25, -0.2) is 4.98 Å². The van der Waals surface area contributed by atoms with Gasteiger partial charge >= 0.3 is 0 Å². The molecular weight excluding hydrogens is 230 g/mol. The zero-order valence-corrected chi connectivity index (χ0v) is 9.64. The van der Waals surface area contributed by atoms with Crippen LogP contribution in [0.25, 0.3) is 11.4 Å². The van der Waals surface area contributed by atoms with E-state index >= 15 is 0 Å². The number of nitrogens with zero attached hydrogens (tertiary/aromatic N) is 2. The lowest BCUT2D eigenvalue weighted by Crippen LogP contribution is -1.85. The quantitative estimate of drug-likeness (QED) is 0.832. The normalized spacial score (nSPS) is 10.3. The second-order valence-electron chi connectivity index (χ2n) is 2.73. The standard InChI is InChI=1S/C9H9N3OS2/c1-13-7-4-2-3-6(5-7)8-11-9(14-10)15-12-8/h2-5H,10H2,1H3. The fourth-order valence-electron chi connectivity index (χ4n) is 1.14. The van der Waals surface area contributed by atoms with Gasteiger partial charge in [-0.15, -0.1) is 0 Å². The van der Waals surface area contributed by atoms with Crippen LogP contribution in [-0.2, 0) is 0 Å². The molecule has 2 N–H and O–H groups in total. The molecule has 0 aliphatic heterocycles. The Morgan fingerprint density at radius 1 is 1.47 bits per heavy atom. The highest BCUT2D eigenvalue weighted by Crippen LogP contribution is 2.24. The summed E-state index contributed by atoms with van der Waals surface area (Å²) < 4.78 is 10.1. The van der Waals surface area contributed by atoms with Crippen molar-refractivity contribution in [2.45, 2.75) is 4.34 Å². The lowest BCUT2D eigenvalue weighted by molar-refractivity contribution is 0.415. The Bertz CT molecular complexity index is 458. The van der Waals surface area contributed by atoms with Gasteiger partial charge in [0.05, 0.1) is 7.11 Å². The van der Waals surface area contributed by atoms with Crippen molar-refractivity contribution in [1.82, 2.24) is 9.36 Å². The first-order valence-corrected chi connectivity index (χ1v) is 5.83. The van der Waals surface area contributed by atoms with Crippen LogP contribution in [0.15, 0.2) is 28.6 Å². The van der Waals surface area contributed by atoms with Crippen molar-refractivity contribution >= 4 is 23.5 Å². The molecule has 0 spiro atoms. The minimum atomic E-state index is 0.687. The van der Waals surface area contributed by atoms with Gasteiger partial charge < -0.3 is 4.74 Å². The van der Waals surface area contributed by atoms with Crippen LogP contribution in [0.3, 0.4) is 0 Å². The maximum absolute atomic E-state index is 5.40. The number of rotatable bonds is 3. The van der Waals surface area contributed by atoms with E-state index in [1.54, 1.807) is 7.11 Å². The number of aromatic nitrogens is 2. The van der Waals surface area contributed by atoms with Gasteiger partial charge in [0.15, 0.2) is 10.2 Å². The molecule has 1 aromatic carbocycles. The van der Waals surface area contributed by atoms with Crippen LogP contribution in [0.5, 0.6) is 5.75 Å². The zero-order chi connectivity index (χ0) is 10.7. The zero-order valence-electron chi connectivity index (χ0n) is 8.01. The van der Waals surface area contributed by atoms with Crippen LogP contribution in [-0.4, -0.2) is 16.5 Å². The predicted molar refractivity (Wildman–Crippen MR) is 61.9 cm³/mol. The van der Waals surface area contributed by atoms with E-state index in [1.165, 1.54) is 11.5 Å². The predicted octanol–water partition coefficient (Wildman–Crippen LogP) is 2.18. The first kappa shape index (κ1) is 10.4. The molecule has 0 atom stereocenters. The van der Waals surface area contributed by atoms with E-state index in [0.717, 1.165) is 27.6 Å². The highest BCUT2D eigenvalue weighted by atomic mass is 32.2. The van der Waals surface area contributed by atoms with Gasteiger partial charge in [-0.3, -0.25) is 5.14 Å². The summed E-state index contributed by atoms with van der Waals surface area (Å²) in [6, 6.07) is 7.63. The van der Waals surface area contributed by atoms with Gasteiger partial charge in [-0.1, -0.05) is 12.1 Å². The van der Waals surface area contributed by atoms with Crippen molar-refractivity contribution in [3.63, 3.8) is 0 Å². The molecule has 78 valence electrons. The van der Waals surface area contributed by atoms with Crippen molar-refractivity contribution in [1.29, 1.82) is 0 Å². The third kappa shape index (κ3) is 2.28. The molecule has 0 amide bonds. The molecule has 4 nitrogen and oxygen atoms in total. The molecular formula is C9H9N3OS2. The fourth-order valence-corrected chi connectivity index (χ4v) is 2.00. The van der Waals surface area contributed by atoms with Crippen LogP contribution < -0.4 is 9.88 Å². The molecule has 0 aliphatic carbocycles. The van der Waals surface area contributed by atoms with E-state index in [4.69, 9.17) is 9.88 Å². The fraction of sp³-hybridized carbons (Fsp3) is 0.111. The van der Waals surface area contributed by atoms with Gasteiger partial charge in [0.1, 0.15) is 5.75 Å². The highest BCUT2D eigenvalue weighted by molar-refractivity contribution is 7.98. The maximum atomic E-state index is 5.40. The second kappa shape index (κ2) is 4.61. The summed E-state index contributed by atoms with van der Waals surface area (Å²) in [5, 5.41) is 5.40. The summed E-state index contributed by atoms with van der Waals surface area (Å²) in [5.74, 6) is 1.48. The monoisotopic (exact) mass is 239 g/mol. The van der Waals surface area contributed by atoms with Crippen molar-refractivity contribution < 1.29 is 4.74 Å². The van der Waals surface area contributed by atoms with Crippen LogP contribution in [0.2, 0.25) is 0 Å². The summed E-state index contributed by atoms with van der Waals surface area (Å²) in [5.41, 5.74) is 0.936. The van der Waals surface area contributed by atoms with Crippen LogP contribution >= 0.6 is 23.5 Å². The molecule has 0 radical (unpaired) electrons. The Morgan fingerprint density at radius 3 is 3.00 bits per heavy atom. The van der Waals surface area contributed by atoms with Gasteiger partial charge in [-0.05, 0) is 35.6 Å². The molecule has 0 bridgehead atoms. The summed E-state index contributed by atoms with van der Waals surface area (Å²) in [7, 11) is 1.63. The molecule has 6 heteroatoms. The van der Waals surface area contributed by atoms with E-state index in [0.29, 0.717) is 5.82 Å². The molecule has 1 heterocycles. The summed E-state index contributed by atoms with van der Waals surface area (Å²) in [6.07, 6.45) is 0. The molecule has 2 aromatic rings. The van der Waals surface area contributed by atoms with Crippen LogP contribution in [0.1, 0.15) is 0 Å². The molecule has 0 fully saturated rings. The average Bonchev–Trinajstić information content (AvgIpc) is 2.78. The first-order chi connectivity index (χ1) is 7.33. The van der Waals surface area contributed by atoms with Crippen molar-refractivity contribution in [2.75, 3.05) is 7.11 Å². The van der Waals surface area contributed by atoms with Crippen molar-refractivity contribution in [2.24, 2.45) is 5.14 Å². The number of hydrogen-bond donors (Lipinski definition) is 1. The van der Waals surface area contributed by atoms with Crippen LogP contribution in [0.4, 0.5) is 0 Å². The third-order valence-electron chi connectivity index (χ3n) is 1.84.